The van der Waals surface area contributed by atoms with E-state index in [4.69, 9.17) is 14.2 Å². The molecular weight excluding hydrogens is 486 g/mol. The summed E-state index contributed by atoms with van der Waals surface area (Å²) in [4.78, 5) is 40.5. The highest BCUT2D eigenvalue weighted by molar-refractivity contribution is 6.04. The van der Waals surface area contributed by atoms with Crippen molar-refractivity contribution in [2.75, 3.05) is 32.7 Å². The van der Waals surface area contributed by atoms with E-state index in [-0.39, 0.29) is 18.4 Å². The van der Waals surface area contributed by atoms with E-state index in [0.717, 1.165) is 11.1 Å². The van der Waals surface area contributed by atoms with Gasteiger partial charge in [0.1, 0.15) is 5.75 Å². The molecule has 1 aliphatic heterocycles. The number of ether oxygens (including phenoxy) is 3. The summed E-state index contributed by atoms with van der Waals surface area (Å²) in [7, 11) is 3.11. The van der Waals surface area contributed by atoms with E-state index in [0.29, 0.717) is 35.7 Å². The smallest absolute Gasteiger partial charge is 0.411 e. The molecule has 0 spiro atoms. The third-order valence-corrected chi connectivity index (χ3v) is 6.26. The molecule has 3 aromatic rings. The lowest BCUT2D eigenvalue weighted by molar-refractivity contribution is -0.126. The van der Waals surface area contributed by atoms with Crippen LogP contribution in [0.3, 0.4) is 0 Å². The van der Waals surface area contributed by atoms with E-state index >= 15 is 0 Å². The van der Waals surface area contributed by atoms with E-state index in [9.17, 15) is 14.4 Å². The van der Waals surface area contributed by atoms with E-state index in [1.807, 2.05) is 31.2 Å². The average molecular weight is 518 g/mol. The molecule has 0 aromatic heterocycles. The van der Waals surface area contributed by atoms with Crippen molar-refractivity contribution in [3.8, 4) is 5.75 Å². The quantitative estimate of drug-likeness (QED) is 0.393. The van der Waals surface area contributed by atoms with E-state index in [1.54, 1.807) is 62.8 Å². The monoisotopic (exact) mass is 517 g/mol. The Bertz CT molecular complexity index is 1280. The molecule has 38 heavy (non-hydrogen) atoms. The Morgan fingerprint density at radius 1 is 1.00 bits per heavy atom. The van der Waals surface area contributed by atoms with Crippen LogP contribution in [0.2, 0.25) is 0 Å². The van der Waals surface area contributed by atoms with Gasteiger partial charge in [-0.1, -0.05) is 42.0 Å². The Morgan fingerprint density at radius 3 is 2.42 bits per heavy atom. The van der Waals surface area contributed by atoms with Crippen molar-refractivity contribution in [2.45, 2.75) is 25.6 Å². The fraction of sp³-hybridized carbons (Fsp3) is 0.276. The summed E-state index contributed by atoms with van der Waals surface area (Å²) in [6.07, 6.45) is -1.46. The third-order valence-electron chi connectivity index (χ3n) is 6.26. The van der Waals surface area contributed by atoms with Gasteiger partial charge in [0, 0.05) is 24.9 Å². The van der Waals surface area contributed by atoms with Gasteiger partial charge >= 0.3 is 6.09 Å². The van der Waals surface area contributed by atoms with Gasteiger partial charge in [0.2, 0.25) is 5.91 Å². The van der Waals surface area contributed by atoms with Crippen LogP contribution in [0.4, 0.5) is 10.5 Å². The van der Waals surface area contributed by atoms with Gasteiger partial charge in [-0.25, -0.2) is 4.79 Å². The zero-order valence-electron chi connectivity index (χ0n) is 21.6. The first-order valence-corrected chi connectivity index (χ1v) is 12.2. The number of hydrogen-bond acceptors (Lipinski definition) is 6. The minimum atomic E-state index is -0.909. The van der Waals surface area contributed by atoms with Gasteiger partial charge in [-0.05, 0) is 54.4 Å². The predicted molar refractivity (Wildman–Crippen MR) is 142 cm³/mol. The molecule has 1 heterocycles. The van der Waals surface area contributed by atoms with Crippen molar-refractivity contribution < 1.29 is 28.6 Å². The van der Waals surface area contributed by atoms with Crippen LogP contribution >= 0.6 is 0 Å². The van der Waals surface area contributed by atoms with Crippen LogP contribution in [0.1, 0.15) is 33.2 Å². The van der Waals surface area contributed by atoms with Crippen LogP contribution in [0.15, 0.2) is 72.8 Å². The fourth-order valence-corrected chi connectivity index (χ4v) is 4.22. The summed E-state index contributed by atoms with van der Waals surface area (Å²) in [6, 6.07) is 20.6. The molecule has 9 heteroatoms. The number of carbonyl (C=O) groups is 3. The van der Waals surface area contributed by atoms with Gasteiger partial charge < -0.3 is 24.8 Å². The minimum absolute atomic E-state index is 0.214. The van der Waals surface area contributed by atoms with Gasteiger partial charge in [0.05, 0.1) is 20.3 Å². The van der Waals surface area contributed by atoms with Crippen molar-refractivity contribution in [3.63, 3.8) is 0 Å². The van der Waals surface area contributed by atoms with Crippen molar-refractivity contribution in [1.29, 1.82) is 0 Å². The molecule has 0 aliphatic carbocycles. The number of anilines is 1. The van der Waals surface area contributed by atoms with Crippen LogP contribution < -0.4 is 15.4 Å². The first-order chi connectivity index (χ1) is 18.4. The molecule has 1 fully saturated rings. The summed E-state index contributed by atoms with van der Waals surface area (Å²) in [6.45, 7) is 2.83. The number of cyclic esters (lactones) is 1. The molecule has 3 aromatic carbocycles. The molecule has 2 N–H and O–H groups in total. The molecule has 0 bridgehead atoms. The normalized spacial score (nSPS) is 16.6. The second kappa shape index (κ2) is 12.2. The maximum atomic E-state index is 13.3. The Kier molecular flexibility index (Phi) is 8.60. The maximum Gasteiger partial charge on any atom is 0.411 e. The molecular formula is C29H31N3O6. The fourth-order valence-electron chi connectivity index (χ4n) is 4.22. The molecule has 2 unspecified atom stereocenters. The zero-order valence-corrected chi connectivity index (χ0v) is 21.6. The molecule has 4 rings (SSSR count). The lowest BCUT2D eigenvalue weighted by atomic mass is 10.00. The second-order valence-corrected chi connectivity index (χ2v) is 8.95. The summed E-state index contributed by atoms with van der Waals surface area (Å²) < 4.78 is 15.9. The van der Waals surface area contributed by atoms with Crippen LogP contribution in [0, 0.1) is 6.92 Å². The van der Waals surface area contributed by atoms with Gasteiger partial charge in [-0.15, -0.1) is 0 Å². The number of methoxy groups -OCH3 is 2. The molecule has 198 valence electrons. The number of nitrogens with zero attached hydrogens (tertiary/aromatic N) is 1. The molecule has 2 atom stereocenters. The molecule has 0 saturated carbocycles. The number of benzene rings is 3. The molecule has 9 nitrogen and oxygen atoms in total. The number of aryl methyl sites for hydroxylation is 1. The van der Waals surface area contributed by atoms with Crippen LogP contribution in [-0.4, -0.2) is 56.2 Å². The Morgan fingerprint density at radius 2 is 1.74 bits per heavy atom. The first-order valence-electron chi connectivity index (χ1n) is 12.2. The summed E-state index contributed by atoms with van der Waals surface area (Å²) in [5, 5.41) is 5.69. The maximum absolute atomic E-state index is 13.3. The second-order valence-electron chi connectivity index (χ2n) is 8.95. The Balaban J connectivity index is 1.57. The van der Waals surface area contributed by atoms with Crippen LogP contribution in [-0.2, 0) is 20.8 Å². The zero-order chi connectivity index (χ0) is 27.1. The number of rotatable bonds is 10. The molecule has 3 amide bonds. The summed E-state index contributed by atoms with van der Waals surface area (Å²) in [5.74, 6) is -0.00244. The standard InChI is InChI=1S/C29H31N3O6/c1-19-7-9-20(10-8-19)18-32-25(28(34)30-15-16-36-2)26(38-29(32)35)22-5-4-6-23(17-22)31-27(33)21-11-13-24(37-3)14-12-21/h4-14,17,25-26H,15-16,18H2,1-3H3,(H,30,34)(H,31,33). The summed E-state index contributed by atoms with van der Waals surface area (Å²) in [5.41, 5.74) is 3.53. The summed E-state index contributed by atoms with van der Waals surface area (Å²) >= 11 is 0. The number of amides is 3. The Labute approximate surface area is 221 Å². The topological polar surface area (TPSA) is 106 Å². The number of nitrogens with one attached hydrogen (secondary N) is 2. The van der Waals surface area contributed by atoms with Crippen molar-refractivity contribution in [2.24, 2.45) is 0 Å². The molecule has 0 radical (unpaired) electrons. The van der Waals surface area contributed by atoms with E-state index in [1.165, 1.54) is 4.90 Å². The third kappa shape index (κ3) is 6.30. The highest BCUT2D eigenvalue weighted by Gasteiger charge is 2.47. The van der Waals surface area contributed by atoms with Gasteiger partial charge in [0.25, 0.3) is 5.91 Å². The first kappa shape index (κ1) is 26.7. The number of hydrogen-bond donors (Lipinski definition) is 2. The minimum Gasteiger partial charge on any atom is -0.497 e. The van der Waals surface area contributed by atoms with E-state index in [2.05, 4.69) is 10.6 Å². The molecule has 1 saturated heterocycles. The van der Waals surface area contributed by atoms with Crippen molar-refractivity contribution in [1.82, 2.24) is 10.2 Å². The van der Waals surface area contributed by atoms with Gasteiger partial charge in [0.15, 0.2) is 12.1 Å². The predicted octanol–water partition coefficient (Wildman–Crippen LogP) is 4.08. The molecule has 1 aliphatic rings. The SMILES string of the molecule is COCCNC(=O)C1C(c2cccc(NC(=O)c3ccc(OC)cc3)c2)OC(=O)N1Cc1ccc(C)cc1. The number of carbonyl (C=O) groups excluding carboxylic acids is 3. The Hall–Kier alpha value is -4.37. The lowest BCUT2D eigenvalue weighted by Crippen LogP contribution is -2.47. The van der Waals surface area contributed by atoms with Gasteiger partial charge in [-0.3, -0.25) is 14.5 Å². The largest absolute Gasteiger partial charge is 0.497 e. The van der Waals surface area contributed by atoms with Gasteiger partial charge in [-0.2, -0.15) is 0 Å². The van der Waals surface area contributed by atoms with Crippen molar-refractivity contribution in [3.05, 3.63) is 95.1 Å². The lowest BCUT2D eigenvalue weighted by Gasteiger charge is -2.24. The van der Waals surface area contributed by atoms with Crippen LogP contribution in [0.25, 0.3) is 0 Å². The van der Waals surface area contributed by atoms with Crippen LogP contribution in [0.5, 0.6) is 5.75 Å². The average Bonchev–Trinajstić information content (AvgIpc) is 3.26. The highest BCUT2D eigenvalue weighted by Crippen LogP contribution is 2.35. The van der Waals surface area contributed by atoms with E-state index < -0.39 is 18.2 Å². The highest BCUT2D eigenvalue weighted by atomic mass is 16.6. The van der Waals surface area contributed by atoms with Crippen molar-refractivity contribution >= 4 is 23.6 Å².